The van der Waals surface area contributed by atoms with Gasteiger partial charge in [0, 0.05) is 25.6 Å². The van der Waals surface area contributed by atoms with Gasteiger partial charge >= 0.3 is 6.03 Å². The van der Waals surface area contributed by atoms with E-state index in [-0.39, 0.29) is 17.9 Å². The third-order valence-corrected chi connectivity index (χ3v) is 3.35. The van der Waals surface area contributed by atoms with Crippen LogP contribution < -0.4 is 11.1 Å². The highest BCUT2D eigenvalue weighted by molar-refractivity contribution is 5.81. The minimum atomic E-state index is -0.0781. The van der Waals surface area contributed by atoms with Gasteiger partial charge in [0.1, 0.15) is 5.84 Å². The average Bonchev–Trinajstić information content (AvgIpc) is 2.37. The van der Waals surface area contributed by atoms with E-state index in [0.717, 1.165) is 25.9 Å². The quantitative estimate of drug-likeness (QED) is 0.307. The molecule has 0 radical (unpaired) electrons. The lowest BCUT2D eigenvalue weighted by atomic mass is 10.0. The molecule has 1 fully saturated rings. The summed E-state index contributed by atoms with van der Waals surface area (Å²) in [5.74, 6) is 0.711. The summed E-state index contributed by atoms with van der Waals surface area (Å²) in [4.78, 5) is 13.9. The fourth-order valence-electron chi connectivity index (χ4n) is 2.23. The van der Waals surface area contributed by atoms with Gasteiger partial charge in [0.25, 0.3) is 0 Å². The van der Waals surface area contributed by atoms with Crippen LogP contribution in [0.1, 0.15) is 39.5 Å². The third kappa shape index (κ3) is 4.43. The molecule has 1 heterocycles. The molecule has 0 saturated carbocycles. The van der Waals surface area contributed by atoms with Crippen molar-refractivity contribution < 1.29 is 10.0 Å². The number of carbonyl (C=O) groups is 1. The van der Waals surface area contributed by atoms with E-state index >= 15 is 0 Å². The first-order valence-electron chi connectivity index (χ1n) is 6.58. The molecule has 0 bridgehead atoms. The maximum atomic E-state index is 12.1. The molecule has 0 aliphatic carbocycles. The van der Waals surface area contributed by atoms with Crippen LogP contribution in [0, 0.1) is 5.92 Å². The van der Waals surface area contributed by atoms with Gasteiger partial charge < -0.3 is 21.2 Å². The number of piperidine rings is 1. The predicted octanol–water partition coefficient (Wildman–Crippen LogP) is 1.34. The fourth-order valence-corrected chi connectivity index (χ4v) is 2.23. The van der Waals surface area contributed by atoms with E-state index < -0.39 is 0 Å². The Balaban J connectivity index is 2.45. The molecule has 18 heavy (non-hydrogen) atoms. The molecule has 6 heteroatoms. The standard InChI is InChI=1S/C12H24N4O2/c1-3-10(7-11(13)15-18)14-12(17)16-6-4-5-9(2)8-16/h9-10,18H,3-8H2,1-2H3,(H2,13,15)(H,14,17). The molecule has 2 atom stereocenters. The SMILES string of the molecule is CCC(CC(N)=NO)NC(=O)N1CCCC(C)C1. The second-order valence-corrected chi connectivity index (χ2v) is 5.04. The van der Waals surface area contributed by atoms with Gasteiger partial charge in [0.05, 0.1) is 0 Å². The van der Waals surface area contributed by atoms with Crippen molar-refractivity contribution in [3.63, 3.8) is 0 Å². The Labute approximate surface area is 108 Å². The first-order valence-corrected chi connectivity index (χ1v) is 6.58. The van der Waals surface area contributed by atoms with Crippen LogP contribution >= 0.6 is 0 Å². The molecule has 1 aliphatic rings. The second kappa shape index (κ2) is 7.08. The molecule has 1 saturated heterocycles. The number of hydrogen-bond donors (Lipinski definition) is 3. The number of nitrogens with zero attached hydrogens (tertiary/aromatic N) is 2. The Bertz CT molecular complexity index is 306. The number of carbonyl (C=O) groups excluding carboxylic acids is 1. The van der Waals surface area contributed by atoms with E-state index in [2.05, 4.69) is 17.4 Å². The number of urea groups is 1. The molecular weight excluding hydrogens is 232 g/mol. The molecule has 1 aliphatic heterocycles. The summed E-state index contributed by atoms with van der Waals surface area (Å²) in [5.41, 5.74) is 5.46. The molecule has 1 rings (SSSR count). The summed E-state index contributed by atoms with van der Waals surface area (Å²) < 4.78 is 0. The molecule has 2 unspecified atom stereocenters. The molecule has 104 valence electrons. The molecule has 6 nitrogen and oxygen atoms in total. The largest absolute Gasteiger partial charge is 0.409 e. The number of nitrogens with one attached hydrogen (secondary N) is 1. The van der Waals surface area contributed by atoms with Gasteiger partial charge in [-0.25, -0.2) is 4.79 Å². The average molecular weight is 256 g/mol. The molecular formula is C12H24N4O2. The highest BCUT2D eigenvalue weighted by Crippen LogP contribution is 2.15. The van der Waals surface area contributed by atoms with Crippen LogP contribution in [0.25, 0.3) is 0 Å². The Morgan fingerprint density at radius 2 is 2.39 bits per heavy atom. The number of oxime groups is 1. The van der Waals surface area contributed by atoms with Crippen LogP contribution in [-0.2, 0) is 0 Å². The highest BCUT2D eigenvalue weighted by Gasteiger charge is 2.22. The van der Waals surface area contributed by atoms with Crippen molar-refractivity contribution in [3.05, 3.63) is 0 Å². The number of amides is 2. The number of likely N-dealkylation sites (tertiary alicyclic amines) is 1. The zero-order chi connectivity index (χ0) is 13.5. The van der Waals surface area contributed by atoms with Crippen LogP contribution in [-0.4, -0.2) is 41.1 Å². The Kier molecular flexibility index (Phi) is 5.74. The molecule has 0 aromatic rings. The first-order chi connectivity index (χ1) is 8.56. The predicted molar refractivity (Wildman–Crippen MR) is 70.6 cm³/mol. The molecule has 0 spiro atoms. The van der Waals surface area contributed by atoms with E-state index in [4.69, 9.17) is 10.9 Å². The zero-order valence-electron chi connectivity index (χ0n) is 11.2. The first kappa shape index (κ1) is 14.6. The maximum Gasteiger partial charge on any atom is 0.317 e. The lowest BCUT2D eigenvalue weighted by Gasteiger charge is -2.32. The summed E-state index contributed by atoms with van der Waals surface area (Å²) in [6, 6.07) is -0.121. The van der Waals surface area contributed by atoms with Crippen LogP contribution in [0.4, 0.5) is 4.79 Å². The van der Waals surface area contributed by atoms with Gasteiger partial charge in [-0.3, -0.25) is 0 Å². The Morgan fingerprint density at radius 1 is 1.67 bits per heavy atom. The van der Waals surface area contributed by atoms with Gasteiger partial charge in [-0.05, 0) is 25.2 Å². The van der Waals surface area contributed by atoms with Crippen molar-refractivity contribution in [2.24, 2.45) is 16.8 Å². The fraction of sp³-hybridized carbons (Fsp3) is 0.833. The van der Waals surface area contributed by atoms with Crippen molar-refractivity contribution in [1.82, 2.24) is 10.2 Å². The van der Waals surface area contributed by atoms with E-state index in [1.54, 1.807) is 0 Å². The number of amidine groups is 1. The van der Waals surface area contributed by atoms with Gasteiger partial charge in [-0.15, -0.1) is 0 Å². The maximum absolute atomic E-state index is 12.1. The summed E-state index contributed by atoms with van der Waals surface area (Å²) >= 11 is 0. The van der Waals surface area contributed by atoms with Gasteiger partial charge in [-0.2, -0.15) is 0 Å². The second-order valence-electron chi connectivity index (χ2n) is 5.04. The summed E-state index contributed by atoms with van der Waals surface area (Å²) in [6.07, 6.45) is 3.38. The van der Waals surface area contributed by atoms with E-state index in [1.165, 1.54) is 6.42 Å². The molecule has 0 aromatic heterocycles. The zero-order valence-corrected chi connectivity index (χ0v) is 11.2. The Morgan fingerprint density at radius 3 is 2.94 bits per heavy atom. The van der Waals surface area contributed by atoms with Crippen LogP contribution in [0.2, 0.25) is 0 Å². The van der Waals surface area contributed by atoms with Crippen molar-refractivity contribution in [3.8, 4) is 0 Å². The topological polar surface area (TPSA) is 91.0 Å². The minimum absolute atomic E-state index is 0.0425. The van der Waals surface area contributed by atoms with Gasteiger partial charge in [-0.1, -0.05) is 19.0 Å². The van der Waals surface area contributed by atoms with E-state index in [9.17, 15) is 4.79 Å². The molecule has 4 N–H and O–H groups in total. The normalized spacial score (nSPS) is 22.7. The monoisotopic (exact) mass is 256 g/mol. The minimum Gasteiger partial charge on any atom is -0.409 e. The Hall–Kier alpha value is -1.46. The van der Waals surface area contributed by atoms with Crippen molar-refractivity contribution >= 4 is 11.9 Å². The lowest BCUT2D eigenvalue weighted by Crippen LogP contribution is -2.49. The van der Waals surface area contributed by atoms with E-state index in [1.807, 2.05) is 11.8 Å². The third-order valence-electron chi connectivity index (χ3n) is 3.35. The molecule has 0 aromatic carbocycles. The summed E-state index contributed by atoms with van der Waals surface area (Å²) in [6.45, 7) is 5.75. The highest BCUT2D eigenvalue weighted by atomic mass is 16.4. The number of rotatable bonds is 4. The number of nitrogens with two attached hydrogens (primary N) is 1. The van der Waals surface area contributed by atoms with Crippen molar-refractivity contribution in [2.75, 3.05) is 13.1 Å². The van der Waals surface area contributed by atoms with Crippen LogP contribution in [0.5, 0.6) is 0 Å². The van der Waals surface area contributed by atoms with Crippen molar-refractivity contribution in [2.45, 2.75) is 45.6 Å². The molecule has 2 amide bonds. The van der Waals surface area contributed by atoms with Gasteiger partial charge in [0.15, 0.2) is 0 Å². The van der Waals surface area contributed by atoms with Crippen LogP contribution in [0.15, 0.2) is 5.16 Å². The smallest absolute Gasteiger partial charge is 0.317 e. The summed E-state index contributed by atoms with van der Waals surface area (Å²) in [7, 11) is 0. The van der Waals surface area contributed by atoms with E-state index in [0.29, 0.717) is 12.3 Å². The van der Waals surface area contributed by atoms with Crippen LogP contribution in [0.3, 0.4) is 0 Å². The number of hydrogen-bond acceptors (Lipinski definition) is 3. The van der Waals surface area contributed by atoms with Gasteiger partial charge in [0.2, 0.25) is 0 Å². The van der Waals surface area contributed by atoms with Crippen molar-refractivity contribution in [1.29, 1.82) is 0 Å². The lowest BCUT2D eigenvalue weighted by molar-refractivity contribution is 0.166. The summed E-state index contributed by atoms with van der Waals surface area (Å²) in [5, 5.41) is 14.4.